The van der Waals surface area contributed by atoms with E-state index in [1.165, 1.54) is 0 Å². The Bertz CT molecular complexity index is 482. The average Bonchev–Trinajstić information content (AvgIpc) is 2.29. The summed E-state index contributed by atoms with van der Waals surface area (Å²) in [5.74, 6) is 0. The van der Waals surface area contributed by atoms with Crippen molar-refractivity contribution in [2.45, 2.75) is 0 Å². The van der Waals surface area contributed by atoms with Gasteiger partial charge < -0.3 is 16.0 Å². The molecule has 88 valence electrons. The monoisotopic (exact) mass is 249 g/mol. The fraction of sp³-hybridized carbons (Fsp3) is 0.0833. The molecule has 3 N–H and O–H groups in total. The molecule has 5 heteroatoms. The molecule has 0 saturated carbocycles. The number of rotatable bonds is 2. The number of carbonyl (C=O) groups excluding carboxylic acids is 1. The Hall–Kier alpha value is -1.94. The molecule has 17 heavy (non-hydrogen) atoms. The predicted octanol–water partition coefficient (Wildman–Crippen LogP) is 2.14. The Balaban J connectivity index is 2.15. The quantitative estimate of drug-likeness (QED) is 0.789. The molecule has 1 aromatic rings. The molecule has 0 aliphatic carbocycles. The van der Waals surface area contributed by atoms with Crippen molar-refractivity contribution in [3.63, 3.8) is 0 Å². The number of nitrogens with one attached hydrogen (secondary N) is 1. The average molecular weight is 250 g/mol. The topological polar surface area (TPSA) is 58.4 Å². The van der Waals surface area contributed by atoms with Crippen molar-refractivity contribution < 1.29 is 4.79 Å². The number of primary amides is 1. The van der Waals surface area contributed by atoms with E-state index in [2.05, 4.69) is 5.32 Å². The summed E-state index contributed by atoms with van der Waals surface area (Å²) in [6, 6.07) is 9.18. The minimum absolute atomic E-state index is 0.544. The lowest BCUT2D eigenvalue weighted by Crippen LogP contribution is -2.32. The maximum Gasteiger partial charge on any atom is 0.316 e. The number of amides is 2. The van der Waals surface area contributed by atoms with Crippen molar-refractivity contribution in [1.82, 2.24) is 5.32 Å². The normalized spacial score (nSPS) is 15.0. The van der Waals surface area contributed by atoms with Gasteiger partial charge in [-0.05, 0) is 24.3 Å². The van der Waals surface area contributed by atoms with Crippen molar-refractivity contribution >= 4 is 23.3 Å². The summed E-state index contributed by atoms with van der Waals surface area (Å²) in [6.07, 6.45) is 3.52. The molecule has 0 spiro atoms. The summed E-state index contributed by atoms with van der Waals surface area (Å²) < 4.78 is 0. The highest BCUT2D eigenvalue weighted by Gasteiger charge is 2.14. The highest BCUT2D eigenvalue weighted by molar-refractivity contribution is 6.31. The van der Waals surface area contributed by atoms with E-state index in [4.69, 9.17) is 17.3 Å². The minimum atomic E-state index is -0.592. The molecule has 2 rings (SSSR count). The molecule has 1 aliphatic heterocycles. The van der Waals surface area contributed by atoms with Crippen LogP contribution in [-0.4, -0.2) is 12.6 Å². The van der Waals surface area contributed by atoms with E-state index in [0.717, 1.165) is 5.69 Å². The van der Waals surface area contributed by atoms with Crippen molar-refractivity contribution in [1.29, 1.82) is 0 Å². The first-order chi connectivity index (χ1) is 8.16. The minimum Gasteiger partial charge on any atom is -0.351 e. The first-order valence-corrected chi connectivity index (χ1v) is 5.51. The zero-order valence-electron chi connectivity index (χ0n) is 9.06. The zero-order valence-corrected chi connectivity index (χ0v) is 9.82. The Morgan fingerprint density at radius 3 is 2.65 bits per heavy atom. The van der Waals surface area contributed by atoms with Gasteiger partial charge in [0.2, 0.25) is 0 Å². The molecule has 0 unspecified atom stereocenters. The Morgan fingerprint density at radius 2 is 2.06 bits per heavy atom. The molecule has 0 fully saturated rings. The zero-order chi connectivity index (χ0) is 12.3. The number of benzene rings is 1. The van der Waals surface area contributed by atoms with Crippen LogP contribution in [0, 0.1) is 0 Å². The van der Waals surface area contributed by atoms with Gasteiger partial charge in [0.05, 0.1) is 0 Å². The first kappa shape index (κ1) is 11.5. The molecular weight excluding hydrogens is 238 g/mol. The van der Waals surface area contributed by atoms with Gasteiger partial charge in [-0.25, -0.2) is 4.79 Å². The van der Waals surface area contributed by atoms with Crippen LogP contribution in [-0.2, 0) is 0 Å². The lowest BCUT2D eigenvalue weighted by molar-refractivity contribution is 0.251. The lowest BCUT2D eigenvalue weighted by Gasteiger charge is -2.26. The van der Waals surface area contributed by atoms with Gasteiger partial charge in [-0.2, -0.15) is 0 Å². The molecule has 4 nitrogen and oxygen atoms in total. The van der Waals surface area contributed by atoms with E-state index in [1.54, 1.807) is 6.08 Å². The van der Waals surface area contributed by atoms with Gasteiger partial charge >= 0.3 is 6.03 Å². The molecule has 1 aromatic carbocycles. The van der Waals surface area contributed by atoms with E-state index in [-0.39, 0.29) is 0 Å². The summed E-state index contributed by atoms with van der Waals surface area (Å²) >= 11 is 6.15. The molecule has 1 aliphatic rings. The molecule has 0 radical (unpaired) electrons. The number of carbonyl (C=O) groups is 1. The number of urea groups is 1. The second-order valence-electron chi connectivity index (χ2n) is 3.56. The highest BCUT2D eigenvalue weighted by Crippen LogP contribution is 2.24. The van der Waals surface area contributed by atoms with Crippen molar-refractivity contribution in [2.24, 2.45) is 5.73 Å². The van der Waals surface area contributed by atoms with E-state index >= 15 is 0 Å². The smallest absolute Gasteiger partial charge is 0.316 e. The van der Waals surface area contributed by atoms with Gasteiger partial charge in [0.25, 0.3) is 0 Å². The highest BCUT2D eigenvalue weighted by atomic mass is 35.5. The second kappa shape index (κ2) is 4.93. The number of hydrogen-bond acceptors (Lipinski definition) is 2. The van der Waals surface area contributed by atoms with E-state index in [1.807, 2.05) is 41.3 Å². The number of nitrogens with zero attached hydrogens (tertiary/aromatic N) is 1. The van der Waals surface area contributed by atoms with Crippen molar-refractivity contribution in [2.75, 3.05) is 11.4 Å². The van der Waals surface area contributed by atoms with Crippen LogP contribution in [0.5, 0.6) is 0 Å². The molecule has 1 heterocycles. The van der Waals surface area contributed by atoms with E-state index in [0.29, 0.717) is 17.4 Å². The third kappa shape index (κ3) is 2.79. The number of nitrogens with two attached hydrogens (primary N) is 1. The molecule has 0 bridgehead atoms. The fourth-order valence-electron chi connectivity index (χ4n) is 1.61. The molecular formula is C12H12ClN3O. The predicted molar refractivity (Wildman–Crippen MR) is 68.5 cm³/mol. The van der Waals surface area contributed by atoms with Gasteiger partial charge in [0, 0.05) is 17.9 Å². The molecule has 0 atom stereocenters. The van der Waals surface area contributed by atoms with Gasteiger partial charge in [-0.1, -0.05) is 29.8 Å². The molecule has 2 amide bonds. The summed E-state index contributed by atoms with van der Waals surface area (Å²) in [5, 5.41) is 3.04. The van der Waals surface area contributed by atoms with Crippen LogP contribution in [0.1, 0.15) is 0 Å². The lowest BCUT2D eigenvalue weighted by atomic mass is 10.2. The van der Waals surface area contributed by atoms with Gasteiger partial charge in [0.15, 0.2) is 0 Å². The van der Waals surface area contributed by atoms with Crippen LogP contribution in [0.3, 0.4) is 0 Å². The van der Waals surface area contributed by atoms with Gasteiger partial charge in [0.1, 0.15) is 5.16 Å². The maximum atomic E-state index is 10.7. The Kier molecular flexibility index (Phi) is 3.35. The van der Waals surface area contributed by atoms with E-state index in [9.17, 15) is 4.79 Å². The largest absolute Gasteiger partial charge is 0.351 e. The Morgan fingerprint density at radius 1 is 1.35 bits per heavy atom. The summed E-state index contributed by atoms with van der Waals surface area (Å²) in [7, 11) is 0. The Labute approximate surface area is 104 Å². The molecule has 0 saturated heterocycles. The molecule has 0 aromatic heterocycles. The second-order valence-corrected chi connectivity index (χ2v) is 3.95. The number of anilines is 1. The fourth-order valence-corrected chi connectivity index (χ4v) is 1.89. The van der Waals surface area contributed by atoms with Crippen molar-refractivity contribution in [3.05, 3.63) is 53.3 Å². The van der Waals surface area contributed by atoms with Gasteiger partial charge in [-0.3, -0.25) is 0 Å². The van der Waals surface area contributed by atoms with Gasteiger partial charge in [-0.15, -0.1) is 0 Å². The van der Waals surface area contributed by atoms with Crippen LogP contribution < -0.4 is 16.0 Å². The number of para-hydroxylation sites is 1. The standard InChI is InChI=1S/C12H12ClN3O/c13-11-8-9(15-12(14)17)6-7-16(11)10-4-2-1-3-5-10/h1-6,8H,7H2,(H3,14,15,17). The van der Waals surface area contributed by atoms with Crippen LogP contribution in [0.2, 0.25) is 0 Å². The van der Waals surface area contributed by atoms with Crippen LogP contribution >= 0.6 is 11.6 Å². The summed E-state index contributed by atoms with van der Waals surface area (Å²) in [6.45, 7) is 0.592. The van der Waals surface area contributed by atoms with Crippen molar-refractivity contribution in [3.8, 4) is 0 Å². The van der Waals surface area contributed by atoms with E-state index < -0.39 is 6.03 Å². The first-order valence-electron chi connectivity index (χ1n) is 5.13. The number of hydrogen-bond donors (Lipinski definition) is 2. The third-order valence-electron chi connectivity index (χ3n) is 2.36. The SMILES string of the molecule is NC(=O)NC1=CCN(c2ccccc2)C(Cl)=C1. The van der Waals surface area contributed by atoms with Crippen LogP contribution in [0.15, 0.2) is 53.3 Å². The van der Waals surface area contributed by atoms with Crippen LogP contribution in [0.25, 0.3) is 0 Å². The number of halogens is 1. The maximum absolute atomic E-state index is 10.7. The summed E-state index contributed by atoms with van der Waals surface area (Å²) in [4.78, 5) is 12.6. The summed E-state index contributed by atoms with van der Waals surface area (Å²) in [5.41, 5.74) is 6.66. The van der Waals surface area contributed by atoms with Crippen LogP contribution in [0.4, 0.5) is 10.5 Å². The third-order valence-corrected chi connectivity index (χ3v) is 2.67. The number of allylic oxidation sites excluding steroid dienone is 1.